The van der Waals surface area contributed by atoms with E-state index in [1.807, 2.05) is 0 Å². The van der Waals surface area contributed by atoms with Crippen LogP contribution in [0.1, 0.15) is 23.2 Å². The number of terminal acetylenes is 1. The first-order chi connectivity index (χ1) is 12.4. The van der Waals surface area contributed by atoms with Gasteiger partial charge in [0.2, 0.25) is 5.91 Å². The fraction of sp³-hybridized carbons (Fsp3) is 0.421. The summed E-state index contributed by atoms with van der Waals surface area (Å²) in [4.78, 5) is 40.0. The third-order valence-electron chi connectivity index (χ3n) is 4.30. The third kappa shape index (κ3) is 4.76. The molecule has 0 spiro atoms. The minimum absolute atomic E-state index is 0.0422. The first-order valence-electron chi connectivity index (χ1n) is 8.51. The minimum Gasteiger partial charge on any atom is -0.341 e. The van der Waals surface area contributed by atoms with E-state index in [0.717, 1.165) is 0 Å². The van der Waals surface area contributed by atoms with Crippen LogP contribution in [-0.2, 0) is 4.79 Å². The highest BCUT2D eigenvalue weighted by molar-refractivity contribution is 6.04. The third-order valence-corrected chi connectivity index (χ3v) is 4.30. The maximum Gasteiger partial charge on any atom is 0.319 e. The van der Waals surface area contributed by atoms with Gasteiger partial charge in [-0.25, -0.2) is 4.79 Å². The summed E-state index contributed by atoms with van der Waals surface area (Å²) in [5.41, 5.74) is 0.829. The topological polar surface area (TPSA) is 81.8 Å². The van der Waals surface area contributed by atoms with Gasteiger partial charge in [-0.1, -0.05) is 18.1 Å². The van der Waals surface area contributed by atoms with Gasteiger partial charge in [0.1, 0.15) is 0 Å². The summed E-state index contributed by atoms with van der Waals surface area (Å²) < 4.78 is 0. The first-order valence-corrected chi connectivity index (χ1v) is 8.51. The van der Waals surface area contributed by atoms with Crippen molar-refractivity contribution in [3.63, 3.8) is 0 Å². The molecule has 0 atom stereocenters. The van der Waals surface area contributed by atoms with Gasteiger partial charge in [0.25, 0.3) is 5.91 Å². The highest BCUT2D eigenvalue weighted by atomic mass is 16.2. The number of carbonyl (C=O) groups excluding carboxylic acids is 3. The van der Waals surface area contributed by atoms with Gasteiger partial charge >= 0.3 is 6.03 Å². The Morgan fingerprint density at radius 2 is 1.88 bits per heavy atom. The van der Waals surface area contributed by atoms with Crippen LogP contribution in [0, 0.1) is 18.3 Å². The second-order valence-corrected chi connectivity index (χ2v) is 6.36. The summed E-state index contributed by atoms with van der Waals surface area (Å²) in [6.45, 7) is 1.21. The molecule has 1 heterocycles. The molecule has 2 N–H and O–H groups in total. The van der Waals surface area contributed by atoms with Crippen LogP contribution in [0.5, 0.6) is 0 Å². The summed E-state index contributed by atoms with van der Waals surface area (Å²) in [5.74, 6) is 1.69. The van der Waals surface area contributed by atoms with Gasteiger partial charge in [-0.3, -0.25) is 9.59 Å². The first kappa shape index (κ1) is 19.3. The number of nitrogens with zero attached hydrogens (tertiary/aromatic N) is 2. The monoisotopic (exact) mass is 356 g/mol. The summed E-state index contributed by atoms with van der Waals surface area (Å²) >= 11 is 0. The number of amides is 4. The van der Waals surface area contributed by atoms with Gasteiger partial charge in [0.05, 0.1) is 17.8 Å². The van der Waals surface area contributed by atoms with Gasteiger partial charge in [-0.05, 0) is 25.0 Å². The Balaban J connectivity index is 1.98. The molecule has 1 aliphatic rings. The van der Waals surface area contributed by atoms with Crippen molar-refractivity contribution in [3.05, 3.63) is 29.8 Å². The van der Waals surface area contributed by atoms with Crippen molar-refractivity contribution in [1.29, 1.82) is 0 Å². The molecular formula is C19H24N4O3. The number of hydrogen-bond donors (Lipinski definition) is 2. The zero-order valence-electron chi connectivity index (χ0n) is 15.1. The SMILES string of the molecule is C#CCNC(=O)c1ccccc1NC(=O)C1CCN(C(=O)N(C)C)CC1. The van der Waals surface area contributed by atoms with Crippen LogP contribution in [0.4, 0.5) is 10.5 Å². The van der Waals surface area contributed by atoms with Gasteiger partial charge in [-0.15, -0.1) is 6.42 Å². The van der Waals surface area contributed by atoms with Gasteiger partial charge in [-0.2, -0.15) is 0 Å². The molecule has 4 amide bonds. The van der Waals surface area contributed by atoms with E-state index in [0.29, 0.717) is 37.2 Å². The largest absolute Gasteiger partial charge is 0.341 e. The van der Waals surface area contributed by atoms with E-state index in [9.17, 15) is 14.4 Å². The van der Waals surface area contributed by atoms with Crippen molar-refractivity contribution < 1.29 is 14.4 Å². The maximum absolute atomic E-state index is 12.6. The fourth-order valence-corrected chi connectivity index (χ4v) is 2.87. The van der Waals surface area contributed by atoms with E-state index >= 15 is 0 Å². The van der Waals surface area contributed by atoms with Crippen molar-refractivity contribution in [1.82, 2.24) is 15.1 Å². The molecule has 0 radical (unpaired) electrons. The molecule has 1 fully saturated rings. The minimum atomic E-state index is -0.328. The Morgan fingerprint density at radius 1 is 1.23 bits per heavy atom. The molecule has 2 rings (SSSR count). The Hall–Kier alpha value is -3.01. The quantitative estimate of drug-likeness (QED) is 0.800. The number of benzene rings is 1. The van der Waals surface area contributed by atoms with E-state index in [2.05, 4.69) is 16.6 Å². The predicted molar refractivity (Wildman–Crippen MR) is 99.6 cm³/mol. The zero-order valence-corrected chi connectivity index (χ0v) is 15.1. The van der Waals surface area contributed by atoms with E-state index in [1.165, 1.54) is 4.90 Å². The van der Waals surface area contributed by atoms with E-state index in [-0.39, 0.29) is 30.3 Å². The molecule has 1 aliphatic heterocycles. The molecule has 1 saturated heterocycles. The summed E-state index contributed by atoms with van der Waals surface area (Å²) in [5, 5.41) is 5.43. The predicted octanol–water partition coefficient (Wildman–Crippen LogP) is 1.38. The normalized spacial score (nSPS) is 14.3. The number of rotatable bonds is 4. The van der Waals surface area contributed by atoms with E-state index < -0.39 is 0 Å². The molecule has 138 valence electrons. The highest BCUT2D eigenvalue weighted by Crippen LogP contribution is 2.22. The second kappa shape index (κ2) is 8.90. The molecule has 26 heavy (non-hydrogen) atoms. The van der Waals surface area contributed by atoms with Crippen molar-refractivity contribution in [2.75, 3.05) is 39.0 Å². The number of hydrogen-bond acceptors (Lipinski definition) is 3. The summed E-state index contributed by atoms with van der Waals surface area (Å²) in [6.07, 6.45) is 6.35. The lowest BCUT2D eigenvalue weighted by Crippen LogP contribution is -2.45. The number of likely N-dealkylation sites (tertiary alicyclic amines) is 1. The average Bonchev–Trinajstić information content (AvgIpc) is 2.65. The number of piperidine rings is 1. The van der Waals surface area contributed by atoms with Crippen molar-refractivity contribution >= 4 is 23.5 Å². The molecule has 7 nitrogen and oxygen atoms in total. The average molecular weight is 356 g/mol. The molecule has 0 aliphatic carbocycles. The number of carbonyl (C=O) groups is 3. The standard InChI is InChI=1S/C19H24N4O3/c1-4-11-20-18(25)15-7-5-6-8-16(15)21-17(24)14-9-12-23(13-10-14)19(26)22(2)3/h1,5-8,14H,9-13H2,2-3H3,(H,20,25)(H,21,24). The van der Waals surface area contributed by atoms with Crippen LogP contribution in [0.15, 0.2) is 24.3 Å². The highest BCUT2D eigenvalue weighted by Gasteiger charge is 2.28. The summed E-state index contributed by atoms with van der Waals surface area (Å²) in [7, 11) is 3.42. The Labute approximate surface area is 153 Å². The lowest BCUT2D eigenvalue weighted by molar-refractivity contribution is -0.121. The molecule has 1 aromatic rings. The molecule has 0 unspecified atom stereocenters. The number of nitrogens with one attached hydrogen (secondary N) is 2. The number of anilines is 1. The maximum atomic E-state index is 12.6. The van der Waals surface area contributed by atoms with Crippen LogP contribution >= 0.6 is 0 Å². The molecule has 1 aromatic carbocycles. The molecule has 7 heteroatoms. The number of urea groups is 1. The summed E-state index contributed by atoms with van der Waals surface area (Å²) in [6, 6.07) is 6.77. The van der Waals surface area contributed by atoms with Gasteiger partial charge in [0.15, 0.2) is 0 Å². The molecule has 0 bridgehead atoms. The lowest BCUT2D eigenvalue weighted by Gasteiger charge is -2.33. The van der Waals surface area contributed by atoms with Crippen LogP contribution < -0.4 is 10.6 Å². The van der Waals surface area contributed by atoms with E-state index in [4.69, 9.17) is 6.42 Å². The zero-order chi connectivity index (χ0) is 19.1. The van der Waals surface area contributed by atoms with Crippen LogP contribution in [0.2, 0.25) is 0 Å². The van der Waals surface area contributed by atoms with Gasteiger partial charge < -0.3 is 20.4 Å². The smallest absolute Gasteiger partial charge is 0.319 e. The van der Waals surface area contributed by atoms with Crippen LogP contribution in [0.3, 0.4) is 0 Å². The lowest BCUT2D eigenvalue weighted by atomic mass is 9.95. The van der Waals surface area contributed by atoms with Crippen molar-refractivity contribution in [2.45, 2.75) is 12.8 Å². The van der Waals surface area contributed by atoms with E-state index in [1.54, 1.807) is 43.3 Å². The van der Waals surface area contributed by atoms with Gasteiger partial charge in [0, 0.05) is 33.1 Å². The van der Waals surface area contributed by atoms with Crippen LogP contribution in [-0.4, -0.2) is 61.4 Å². The molecule has 0 saturated carbocycles. The second-order valence-electron chi connectivity index (χ2n) is 6.36. The molecular weight excluding hydrogens is 332 g/mol. The Kier molecular flexibility index (Phi) is 6.61. The number of para-hydroxylation sites is 1. The van der Waals surface area contributed by atoms with Crippen LogP contribution in [0.25, 0.3) is 0 Å². The Morgan fingerprint density at radius 3 is 2.50 bits per heavy atom. The fourth-order valence-electron chi connectivity index (χ4n) is 2.87. The van der Waals surface area contributed by atoms with Crippen molar-refractivity contribution in [3.8, 4) is 12.3 Å². The Bertz CT molecular complexity index is 716. The molecule has 0 aromatic heterocycles. The van der Waals surface area contributed by atoms with Crippen molar-refractivity contribution in [2.24, 2.45) is 5.92 Å².